The second kappa shape index (κ2) is 5.59. The Kier molecular flexibility index (Phi) is 3.93. The van der Waals surface area contributed by atoms with Gasteiger partial charge in [-0.25, -0.2) is 0 Å². The summed E-state index contributed by atoms with van der Waals surface area (Å²) >= 11 is 0. The van der Waals surface area contributed by atoms with Crippen molar-refractivity contribution in [1.82, 2.24) is 0 Å². The summed E-state index contributed by atoms with van der Waals surface area (Å²) in [6.07, 6.45) is 14.0. The molecule has 4 aliphatic rings. The Bertz CT molecular complexity index is 498. The van der Waals surface area contributed by atoms with Gasteiger partial charge in [-0.1, -0.05) is 25.5 Å². The topological polar surface area (TPSA) is 29.5 Å². The van der Waals surface area contributed by atoms with Crippen LogP contribution in [0.4, 0.5) is 0 Å². The number of aliphatic hydroxyl groups is 1. The Morgan fingerprint density at radius 3 is 2.74 bits per heavy atom. The van der Waals surface area contributed by atoms with E-state index in [1.165, 1.54) is 44.9 Å². The fourth-order valence-electron chi connectivity index (χ4n) is 7.44. The summed E-state index contributed by atoms with van der Waals surface area (Å²) in [7, 11) is 1.92. The van der Waals surface area contributed by atoms with Crippen LogP contribution >= 0.6 is 0 Å². The molecule has 23 heavy (non-hydrogen) atoms. The highest BCUT2D eigenvalue weighted by Crippen LogP contribution is 2.66. The van der Waals surface area contributed by atoms with Crippen LogP contribution in [0.25, 0.3) is 0 Å². The average Bonchev–Trinajstić information content (AvgIpc) is 2.90. The second-order valence-electron chi connectivity index (χ2n) is 9.09. The molecule has 2 heteroatoms. The quantitative estimate of drug-likeness (QED) is 0.747. The lowest BCUT2D eigenvalue weighted by molar-refractivity contribution is -0.0867. The first-order valence-corrected chi connectivity index (χ1v) is 9.95. The molecule has 3 fully saturated rings. The summed E-state index contributed by atoms with van der Waals surface area (Å²) < 4.78 is 5.89. The summed E-state index contributed by atoms with van der Waals surface area (Å²) in [5.41, 5.74) is 2.43. The van der Waals surface area contributed by atoms with Crippen molar-refractivity contribution < 1.29 is 9.84 Å². The van der Waals surface area contributed by atoms with E-state index in [1.807, 2.05) is 7.11 Å². The third-order valence-corrected chi connectivity index (χ3v) is 8.63. The molecule has 0 saturated heterocycles. The van der Waals surface area contributed by atoms with Gasteiger partial charge in [0.1, 0.15) is 0 Å². The summed E-state index contributed by atoms with van der Waals surface area (Å²) in [4.78, 5) is 0. The van der Waals surface area contributed by atoms with Crippen LogP contribution < -0.4 is 0 Å². The van der Waals surface area contributed by atoms with Crippen molar-refractivity contribution in [2.24, 2.45) is 28.6 Å². The maximum atomic E-state index is 10.2. The zero-order valence-electron chi connectivity index (χ0n) is 15.2. The summed E-state index contributed by atoms with van der Waals surface area (Å²) in [6, 6.07) is 0. The molecule has 0 aromatic rings. The van der Waals surface area contributed by atoms with E-state index in [2.05, 4.69) is 19.9 Å². The highest BCUT2D eigenvalue weighted by Gasteiger charge is 2.59. The molecule has 0 spiro atoms. The SMILES string of the molecule is CC[C@]12CC[C@H](O)CC1=CC[C@@H]1[C@@H]2CC[C@]2(C)[C@@H](OC)CC[C@@H]12. The van der Waals surface area contributed by atoms with E-state index in [0.717, 1.165) is 30.6 Å². The normalized spacial score (nSPS) is 52.3. The molecule has 0 bridgehead atoms. The van der Waals surface area contributed by atoms with Crippen molar-refractivity contribution in [2.75, 3.05) is 7.11 Å². The molecule has 2 nitrogen and oxygen atoms in total. The largest absolute Gasteiger partial charge is 0.393 e. The number of ether oxygens (including phenoxy) is 1. The Morgan fingerprint density at radius 1 is 1.17 bits per heavy atom. The first-order chi connectivity index (χ1) is 11.0. The van der Waals surface area contributed by atoms with E-state index in [0.29, 0.717) is 16.9 Å². The molecule has 3 saturated carbocycles. The predicted molar refractivity (Wildman–Crippen MR) is 93.1 cm³/mol. The van der Waals surface area contributed by atoms with E-state index in [9.17, 15) is 5.11 Å². The zero-order valence-corrected chi connectivity index (χ0v) is 15.2. The van der Waals surface area contributed by atoms with E-state index in [1.54, 1.807) is 5.57 Å². The summed E-state index contributed by atoms with van der Waals surface area (Å²) in [6.45, 7) is 4.91. The minimum Gasteiger partial charge on any atom is -0.393 e. The molecule has 0 aromatic carbocycles. The van der Waals surface area contributed by atoms with E-state index in [4.69, 9.17) is 4.74 Å². The molecular weight excluding hydrogens is 284 g/mol. The monoisotopic (exact) mass is 318 g/mol. The van der Waals surface area contributed by atoms with E-state index < -0.39 is 0 Å². The van der Waals surface area contributed by atoms with Gasteiger partial charge in [0.15, 0.2) is 0 Å². The molecule has 0 aromatic heterocycles. The van der Waals surface area contributed by atoms with Gasteiger partial charge in [0.05, 0.1) is 12.2 Å². The van der Waals surface area contributed by atoms with Gasteiger partial charge in [0, 0.05) is 7.11 Å². The van der Waals surface area contributed by atoms with Crippen molar-refractivity contribution in [3.8, 4) is 0 Å². The number of aliphatic hydroxyl groups excluding tert-OH is 1. The Hall–Kier alpha value is -0.340. The lowest BCUT2D eigenvalue weighted by Gasteiger charge is -2.58. The van der Waals surface area contributed by atoms with Gasteiger partial charge in [0.25, 0.3) is 0 Å². The van der Waals surface area contributed by atoms with Gasteiger partial charge in [0.2, 0.25) is 0 Å². The third-order valence-electron chi connectivity index (χ3n) is 8.63. The number of hydrogen-bond acceptors (Lipinski definition) is 2. The number of fused-ring (bicyclic) bond motifs is 5. The minimum atomic E-state index is -0.0873. The zero-order chi connectivity index (χ0) is 16.2. The van der Waals surface area contributed by atoms with Crippen LogP contribution in [0.3, 0.4) is 0 Å². The second-order valence-corrected chi connectivity index (χ2v) is 9.09. The van der Waals surface area contributed by atoms with Gasteiger partial charge in [-0.3, -0.25) is 0 Å². The van der Waals surface area contributed by atoms with Gasteiger partial charge in [-0.15, -0.1) is 0 Å². The number of allylic oxidation sites excluding steroid dienone is 1. The highest BCUT2D eigenvalue weighted by atomic mass is 16.5. The van der Waals surface area contributed by atoms with Crippen LogP contribution in [0.15, 0.2) is 11.6 Å². The van der Waals surface area contributed by atoms with Crippen LogP contribution in [-0.2, 0) is 4.74 Å². The maximum Gasteiger partial charge on any atom is 0.0627 e. The lowest BCUT2D eigenvalue weighted by atomic mass is 9.47. The molecule has 4 rings (SSSR count). The minimum absolute atomic E-state index is 0.0873. The highest BCUT2D eigenvalue weighted by molar-refractivity contribution is 5.26. The smallest absolute Gasteiger partial charge is 0.0627 e. The molecule has 0 aliphatic heterocycles. The molecule has 0 heterocycles. The van der Waals surface area contributed by atoms with Crippen molar-refractivity contribution in [1.29, 1.82) is 0 Å². The average molecular weight is 319 g/mol. The standard InChI is InChI=1S/C21H34O2/c1-4-21-12-9-15(22)13-14(21)5-6-16-17-7-8-19(23-3)20(17,2)11-10-18(16)21/h5,15-19,22H,4,6-13H2,1-3H3/t15-,16-,17-,18-,19-,20-,21-/m0/s1. The molecule has 0 amide bonds. The maximum absolute atomic E-state index is 10.2. The van der Waals surface area contributed by atoms with Crippen LogP contribution in [-0.4, -0.2) is 24.4 Å². The molecular formula is C21H34O2. The summed E-state index contributed by atoms with van der Waals surface area (Å²) in [5, 5.41) is 10.2. The molecule has 4 aliphatic carbocycles. The van der Waals surface area contributed by atoms with E-state index >= 15 is 0 Å². The lowest BCUT2D eigenvalue weighted by Crippen LogP contribution is -2.52. The predicted octanol–water partition coefficient (Wildman–Crippen LogP) is 4.72. The number of methoxy groups -OCH3 is 1. The van der Waals surface area contributed by atoms with Crippen LogP contribution in [0, 0.1) is 28.6 Å². The Morgan fingerprint density at radius 2 is 2.00 bits per heavy atom. The van der Waals surface area contributed by atoms with Gasteiger partial charge < -0.3 is 9.84 Å². The third kappa shape index (κ3) is 2.13. The van der Waals surface area contributed by atoms with Gasteiger partial charge in [-0.2, -0.15) is 0 Å². The summed E-state index contributed by atoms with van der Waals surface area (Å²) in [5.74, 6) is 2.56. The first kappa shape index (κ1) is 16.1. The Balaban J connectivity index is 1.68. The van der Waals surface area contributed by atoms with Crippen molar-refractivity contribution in [3.63, 3.8) is 0 Å². The molecule has 7 atom stereocenters. The first-order valence-electron chi connectivity index (χ1n) is 9.95. The van der Waals surface area contributed by atoms with Crippen LogP contribution in [0.2, 0.25) is 0 Å². The van der Waals surface area contributed by atoms with Crippen molar-refractivity contribution in [2.45, 2.75) is 83.8 Å². The van der Waals surface area contributed by atoms with Gasteiger partial charge in [-0.05, 0) is 86.4 Å². The molecule has 130 valence electrons. The number of rotatable bonds is 2. The Labute approximate surface area is 141 Å². The van der Waals surface area contributed by atoms with E-state index in [-0.39, 0.29) is 6.10 Å². The fourth-order valence-corrected chi connectivity index (χ4v) is 7.44. The van der Waals surface area contributed by atoms with Crippen LogP contribution in [0.1, 0.15) is 71.6 Å². The van der Waals surface area contributed by atoms with Gasteiger partial charge >= 0.3 is 0 Å². The molecule has 0 unspecified atom stereocenters. The van der Waals surface area contributed by atoms with Crippen LogP contribution in [0.5, 0.6) is 0 Å². The fraction of sp³-hybridized carbons (Fsp3) is 0.905. The number of hydrogen-bond donors (Lipinski definition) is 1. The van der Waals surface area contributed by atoms with Crippen molar-refractivity contribution >= 4 is 0 Å². The molecule has 1 N–H and O–H groups in total. The van der Waals surface area contributed by atoms with Crippen molar-refractivity contribution in [3.05, 3.63) is 11.6 Å². The molecule has 0 radical (unpaired) electrons.